The number of likely N-dealkylation sites (tertiary alicyclic amines) is 1. The Kier molecular flexibility index (Phi) is 3.27. The summed E-state index contributed by atoms with van der Waals surface area (Å²) in [6.07, 6.45) is 5.69. The van der Waals surface area contributed by atoms with Gasteiger partial charge in [-0.15, -0.1) is 0 Å². The van der Waals surface area contributed by atoms with E-state index in [2.05, 4.69) is 9.97 Å². The molecule has 0 unspecified atom stereocenters. The Balaban J connectivity index is 1.90. The molecule has 0 saturated carbocycles. The summed E-state index contributed by atoms with van der Waals surface area (Å²) in [4.78, 5) is 21.2. The molecule has 2 heterocycles. The van der Waals surface area contributed by atoms with Gasteiger partial charge in [0.25, 0.3) is 0 Å². The van der Waals surface area contributed by atoms with Gasteiger partial charge in [0.15, 0.2) is 0 Å². The van der Waals surface area contributed by atoms with Crippen molar-refractivity contribution in [3.63, 3.8) is 0 Å². The SMILES string of the molecule is CC(C)C(=O)N1CCC(c2ncc[nH]2)CC1. The van der Waals surface area contributed by atoms with Gasteiger partial charge in [0, 0.05) is 37.3 Å². The van der Waals surface area contributed by atoms with E-state index in [4.69, 9.17) is 0 Å². The van der Waals surface area contributed by atoms with Gasteiger partial charge in [0.2, 0.25) is 5.91 Å². The van der Waals surface area contributed by atoms with Gasteiger partial charge in [-0.2, -0.15) is 0 Å². The molecule has 1 saturated heterocycles. The summed E-state index contributed by atoms with van der Waals surface area (Å²) >= 11 is 0. The smallest absolute Gasteiger partial charge is 0.225 e. The van der Waals surface area contributed by atoms with Gasteiger partial charge in [0.1, 0.15) is 5.82 Å². The topological polar surface area (TPSA) is 49.0 Å². The van der Waals surface area contributed by atoms with E-state index in [-0.39, 0.29) is 11.8 Å². The molecule has 4 heteroatoms. The van der Waals surface area contributed by atoms with Crippen LogP contribution in [0, 0.1) is 5.92 Å². The van der Waals surface area contributed by atoms with E-state index in [0.29, 0.717) is 5.92 Å². The van der Waals surface area contributed by atoms with Gasteiger partial charge in [-0.3, -0.25) is 4.79 Å². The predicted molar refractivity (Wildman–Crippen MR) is 62.0 cm³/mol. The molecule has 0 aliphatic carbocycles. The molecule has 0 radical (unpaired) electrons. The fourth-order valence-corrected chi connectivity index (χ4v) is 2.24. The third kappa shape index (κ3) is 2.26. The number of H-pyrrole nitrogens is 1. The van der Waals surface area contributed by atoms with Crippen LogP contribution in [0.4, 0.5) is 0 Å². The summed E-state index contributed by atoms with van der Waals surface area (Å²) in [5, 5.41) is 0. The quantitative estimate of drug-likeness (QED) is 0.827. The molecule has 1 aliphatic heterocycles. The van der Waals surface area contributed by atoms with E-state index >= 15 is 0 Å². The number of rotatable bonds is 2. The number of nitrogens with one attached hydrogen (secondary N) is 1. The molecule has 2 rings (SSSR count). The van der Waals surface area contributed by atoms with E-state index in [1.807, 2.05) is 24.9 Å². The Morgan fingerprint density at radius 3 is 2.69 bits per heavy atom. The number of aromatic nitrogens is 2. The molecule has 0 atom stereocenters. The fraction of sp³-hybridized carbons (Fsp3) is 0.667. The molecule has 1 amide bonds. The van der Waals surface area contributed by atoms with Crippen LogP contribution in [0.15, 0.2) is 12.4 Å². The molecule has 1 aromatic rings. The van der Waals surface area contributed by atoms with Crippen molar-refractivity contribution in [1.82, 2.24) is 14.9 Å². The highest BCUT2D eigenvalue weighted by Gasteiger charge is 2.25. The largest absolute Gasteiger partial charge is 0.348 e. The number of amides is 1. The lowest BCUT2D eigenvalue weighted by Gasteiger charge is -2.32. The van der Waals surface area contributed by atoms with Crippen LogP contribution < -0.4 is 0 Å². The highest BCUT2D eigenvalue weighted by molar-refractivity contribution is 5.78. The maximum Gasteiger partial charge on any atom is 0.225 e. The lowest BCUT2D eigenvalue weighted by Crippen LogP contribution is -2.40. The van der Waals surface area contributed by atoms with Gasteiger partial charge in [0.05, 0.1) is 0 Å². The van der Waals surface area contributed by atoms with Crippen LogP contribution in [-0.2, 0) is 4.79 Å². The molecule has 0 bridgehead atoms. The lowest BCUT2D eigenvalue weighted by molar-refractivity contribution is -0.135. The van der Waals surface area contributed by atoms with E-state index in [0.717, 1.165) is 31.8 Å². The van der Waals surface area contributed by atoms with Gasteiger partial charge in [-0.1, -0.05) is 13.8 Å². The van der Waals surface area contributed by atoms with Crippen molar-refractivity contribution in [2.45, 2.75) is 32.6 Å². The molecular weight excluding hydrogens is 202 g/mol. The van der Waals surface area contributed by atoms with Crippen LogP contribution in [0.25, 0.3) is 0 Å². The molecule has 1 fully saturated rings. The molecule has 0 aromatic carbocycles. The zero-order valence-electron chi connectivity index (χ0n) is 9.94. The highest BCUT2D eigenvalue weighted by atomic mass is 16.2. The molecule has 1 aromatic heterocycles. The van der Waals surface area contributed by atoms with E-state index < -0.39 is 0 Å². The van der Waals surface area contributed by atoms with Crippen LogP contribution in [0.5, 0.6) is 0 Å². The first kappa shape index (κ1) is 11.2. The summed E-state index contributed by atoms with van der Waals surface area (Å²) in [7, 11) is 0. The number of imidazole rings is 1. The molecule has 88 valence electrons. The average Bonchev–Trinajstić information content (AvgIpc) is 2.81. The molecule has 0 spiro atoms. The Bertz CT molecular complexity index is 337. The second-order valence-electron chi connectivity index (χ2n) is 4.73. The van der Waals surface area contributed by atoms with Gasteiger partial charge in [-0.25, -0.2) is 4.98 Å². The maximum absolute atomic E-state index is 11.8. The first-order chi connectivity index (χ1) is 7.68. The van der Waals surface area contributed by atoms with Crippen LogP contribution >= 0.6 is 0 Å². The number of carbonyl (C=O) groups excluding carboxylic acids is 1. The van der Waals surface area contributed by atoms with Crippen LogP contribution in [0.3, 0.4) is 0 Å². The minimum absolute atomic E-state index is 0.111. The van der Waals surface area contributed by atoms with Gasteiger partial charge in [-0.05, 0) is 12.8 Å². The number of piperidine rings is 1. The van der Waals surface area contributed by atoms with Crippen molar-refractivity contribution in [2.75, 3.05) is 13.1 Å². The molecule has 16 heavy (non-hydrogen) atoms. The van der Waals surface area contributed by atoms with Crippen LogP contribution in [-0.4, -0.2) is 33.9 Å². The average molecular weight is 221 g/mol. The number of nitrogens with zero attached hydrogens (tertiary/aromatic N) is 2. The number of hydrogen-bond acceptors (Lipinski definition) is 2. The van der Waals surface area contributed by atoms with Crippen LogP contribution in [0.2, 0.25) is 0 Å². The lowest BCUT2D eigenvalue weighted by atomic mass is 9.95. The van der Waals surface area contributed by atoms with Gasteiger partial charge >= 0.3 is 0 Å². The normalized spacial score (nSPS) is 18.1. The van der Waals surface area contributed by atoms with Crippen molar-refractivity contribution < 1.29 is 4.79 Å². The summed E-state index contributed by atoms with van der Waals surface area (Å²) in [5.41, 5.74) is 0. The van der Waals surface area contributed by atoms with Crippen molar-refractivity contribution in [2.24, 2.45) is 5.92 Å². The maximum atomic E-state index is 11.8. The third-order valence-corrected chi connectivity index (χ3v) is 3.21. The number of carbonyl (C=O) groups is 1. The van der Waals surface area contributed by atoms with E-state index in [1.54, 1.807) is 6.20 Å². The Morgan fingerprint density at radius 1 is 1.50 bits per heavy atom. The first-order valence-electron chi connectivity index (χ1n) is 5.96. The standard InChI is InChI=1S/C12H19N3O/c1-9(2)12(16)15-7-3-10(4-8-15)11-13-5-6-14-11/h5-6,9-10H,3-4,7-8H2,1-2H3,(H,13,14). The number of aromatic amines is 1. The predicted octanol–water partition coefficient (Wildman–Crippen LogP) is 1.77. The van der Waals surface area contributed by atoms with Crippen molar-refractivity contribution >= 4 is 5.91 Å². The second kappa shape index (κ2) is 4.68. The summed E-state index contributed by atoms with van der Waals surface area (Å²) in [5.74, 6) is 1.95. The summed E-state index contributed by atoms with van der Waals surface area (Å²) in [6, 6.07) is 0. The monoisotopic (exact) mass is 221 g/mol. The first-order valence-corrected chi connectivity index (χ1v) is 5.96. The zero-order valence-corrected chi connectivity index (χ0v) is 9.94. The Hall–Kier alpha value is -1.32. The fourth-order valence-electron chi connectivity index (χ4n) is 2.24. The molecule has 1 aliphatic rings. The highest BCUT2D eigenvalue weighted by Crippen LogP contribution is 2.25. The number of hydrogen-bond donors (Lipinski definition) is 1. The van der Waals surface area contributed by atoms with E-state index in [9.17, 15) is 4.79 Å². The summed E-state index contributed by atoms with van der Waals surface area (Å²) < 4.78 is 0. The molecular formula is C12H19N3O. The third-order valence-electron chi connectivity index (χ3n) is 3.21. The Labute approximate surface area is 96.1 Å². The zero-order chi connectivity index (χ0) is 11.5. The van der Waals surface area contributed by atoms with Crippen molar-refractivity contribution in [1.29, 1.82) is 0 Å². The summed E-state index contributed by atoms with van der Waals surface area (Å²) in [6.45, 7) is 5.65. The molecule has 4 nitrogen and oxygen atoms in total. The van der Waals surface area contributed by atoms with Gasteiger partial charge < -0.3 is 9.88 Å². The molecule has 1 N–H and O–H groups in total. The van der Waals surface area contributed by atoms with Crippen molar-refractivity contribution in [3.05, 3.63) is 18.2 Å². The minimum atomic E-state index is 0.111. The van der Waals surface area contributed by atoms with Crippen LogP contribution in [0.1, 0.15) is 38.4 Å². The Morgan fingerprint density at radius 2 is 2.19 bits per heavy atom. The minimum Gasteiger partial charge on any atom is -0.348 e. The second-order valence-corrected chi connectivity index (χ2v) is 4.73. The van der Waals surface area contributed by atoms with Crippen molar-refractivity contribution in [3.8, 4) is 0 Å². The van der Waals surface area contributed by atoms with E-state index in [1.165, 1.54) is 0 Å².